The average Bonchev–Trinajstić information content (AvgIpc) is 2.85. The van der Waals surface area contributed by atoms with Crippen LogP contribution in [0.25, 0.3) is 0 Å². The van der Waals surface area contributed by atoms with Crippen LogP contribution in [-0.2, 0) is 6.54 Å². The Kier molecular flexibility index (Phi) is 5.05. The van der Waals surface area contributed by atoms with Crippen LogP contribution in [0.15, 0.2) is 23.3 Å². The fourth-order valence-electron chi connectivity index (χ4n) is 1.87. The van der Waals surface area contributed by atoms with Gasteiger partial charge in [-0.25, -0.2) is 5.43 Å². The van der Waals surface area contributed by atoms with Gasteiger partial charge in [0.2, 0.25) is 0 Å². The van der Waals surface area contributed by atoms with Crippen LogP contribution in [0.1, 0.15) is 28.7 Å². The lowest BCUT2D eigenvalue weighted by atomic mass is 10.2. The maximum absolute atomic E-state index is 12.0. The van der Waals surface area contributed by atoms with Crippen molar-refractivity contribution in [1.82, 2.24) is 15.2 Å². The molecule has 0 saturated carbocycles. The molecule has 0 fully saturated rings. The van der Waals surface area contributed by atoms with Gasteiger partial charge in [-0.3, -0.25) is 9.48 Å². The first-order chi connectivity index (χ1) is 10.4. The van der Waals surface area contributed by atoms with Crippen LogP contribution in [-0.4, -0.2) is 27.0 Å². The Morgan fingerprint density at radius 2 is 2.18 bits per heavy atom. The van der Waals surface area contributed by atoms with Gasteiger partial charge < -0.3 is 5.11 Å². The fourth-order valence-corrected chi connectivity index (χ4v) is 2.38. The van der Waals surface area contributed by atoms with E-state index in [1.54, 1.807) is 17.7 Å². The number of carbonyl (C=O) groups is 1. The number of carbonyl (C=O) groups excluding carboxylic acids is 1. The molecule has 0 bridgehead atoms. The lowest BCUT2D eigenvalue weighted by molar-refractivity contribution is 0.0944. The van der Waals surface area contributed by atoms with Gasteiger partial charge in [-0.15, -0.1) is 0 Å². The molecular formula is C14H14Cl2N4O2. The Balaban J connectivity index is 2.14. The van der Waals surface area contributed by atoms with Crippen molar-refractivity contribution in [2.75, 3.05) is 0 Å². The summed E-state index contributed by atoms with van der Waals surface area (Å²) in [6, 6.07) is 4.57. The molecule has 1 aromatic heterocycles. The number of nitrogens with zero attached hydrogens (tertiary/aromatic N) is 3. The molecule has 116 valence electrons. The number of rotatable bonds is 4. The highest BCUT2D eigenvalue weighted by Crippen LogP contribution is 2.29. The van der Waals surface area contributed by atoms with Crippen LogP contribution in [0, 0.1) is 6.92 Å². The van der Waals surface area contributed by atoms with Gasteiger partial charge in [0.1, 0.15) is 11.4 Å². The Hall–Kier alpha value is -2.05. The van der Waals surface area contributed by atoms with Gasteiger partial charge in [-0.05, 0) is 32.0 Å². The molecule has 0 aliphatic rings. The van der Waals surface area contributed by atoms with Gasteiger partial charge in [-0.1, -0.05) is 23.2 Å². The number of aromatic hydroxyl groups is 1. The minimum Gasteiger partial charge on any atom is -0.506 e. The second-order valence-electron chi connectivity index (χ2n) is 4.51. The predicted octanol–water partition coefficient (Wildman–Crippen LogP) is 2.99. The largest absolute Gasteiger partial charge is 0.506 e. The zero-order valence-electron chi connectivity index (χ0n) is 12.0. The van der Waals surface area contributed by atoms with E-state index >= 15 is 0 Å². The van der Waals surface area contributed by atoms with E-state index in [0.717, 1.165) is 5.69 Å². The maximum atomic E-state index is 12.0. The van der Waals surface area contributed by atoms with Crippen molar-refractivity contribution >= 4 is 35.3 Å². The molecule has 1 aromatic carbocycles. The van der Waals surface area contributed by atoms with E-state index in [4.69, 9.17) is 23.2 Å². The Bertz CT molecular complexity index is 741. The monoisotopic (exact) mass is 340 g/mol. The van der Waals surface area contributed by atoms with Crippen molar-refractivity contribution in [3.63, 3.8) is 0 Å². The van der Waals surface area contributed by atoms with Gasteiger partial charge in [0.25, 0.3) is 5.91 Å². The fraction of sp³-hybridized carbons (Fsp3) is 0.214. The third-order valence-corrected chi connectivity index (χ3v) is 3.37. The van der Waals surface area contributed by atoms with Crippen molar-refractivity contribution in [2.24, 2.45) is 5.10 Å². The van der Waals surface area contributed by atoms with Crippen LogP contribution < -0.4 is 5.43 Å². The molecule has 0 atom stereocenters. The smallest absolute Gasteiger partial charge is 0.289 e. The number of aromatic nitrogens is 2. The lowest BCUT2D eigenvalue weighted by Gasteiger charge is -2.04. The van der Waals surface area contributed by atoms with Crippen molar-refractivity contribution in [1.29, 1.82) is 0 Å². The third-order valence-electron chi connectivity index (χ3n) is 2.86. The number of hydrazone groups is 1. The number of nitrogens with one attached hydrogen (secondary N) is 1. The molecule has 0 aliphatic carbocycles. The number of phenolic OH excluding ortho intramolecular Hbond substituents is 1. The molecule has 0 spiro atoms. The van der Waals surface area contributed by atoms with Gasteiger partial charge in [0, 0.05) is 17.1 Å². The van der Waals surface area contributed by atoms with Crippen molar-refractivity contribution < 1.29 is 9.90 Å². The molecular weight excluding hydrogens is 327 g/mol. The molecule has 2 N–H and O–H groups in total. The number of benzene rings is 1. The number of phenols is 1. The molecule has 0 aliphatic heterocycles. The summed E-state index contributed by atoms with van der Waals surface area (Å²) in [6.45, 7) is 4.27. The van der Waals surface area contributed by atoms with E-state index in [2.05, 4.69) is 15.6 Å². The van der Waals surface area contributed by atoms with Crippen LogP contribution >= 0.6 is 23.2 Å². The van der Waals surface area contributed by atoms with E-state index < -0.39 is 5.91 Å². The van der Waals surface area contributed by atoms with E-state index in [1.165, 1.54) is 18.3 Å². The van der Waals surface area contributed by atoms with Crippen LogP contribution in [0.5, 0.6) is 5.75 Å². The number of hydrogen-bond acceptors (Lipinski definition) is 4. The highest BCUT2D eigenvalue weighted by atomic mass is 35.5. The highest BCUT2D eigenvalue weighted by molar-refractivity contribution is 6.36. The van der Waals surface area contributed by atoms with Crippen LogP contribution in [0.2, 0.25) is 10.0 Å². The van der Waals surface area contributed by atoms with Gasteiger partial charge in [0.05, 0.1) is 16.9 Å². The SMILES string of the molecule is CCn1nc(C)cc1C(=O)NN=Cc1cc(Cl)cc(Cl)c1O. The zero-order valence-corrected chi connectivity index (χ0v) is 13.5. The third kappa shape index (κ3) is 3.58. The quantitative estimate of drug-likeness (QED) is 0.663. The summed E-state index contributed by atoms with van der Waals surface area (Å²) in [4.78, 5) is 12.0. The predicted molar refractivity (Wildman–Crippen MR) is 85.8 cm³/mol. The molecule has 8 heteroatoms. The number of amides is 1. The summed E-state index contributed by atoms with van der Waals surface area (Å²) in [5, 5.41) is 18.2. The average molecular weight is 341 g/mol. The minimum absolute atomic E-state index is 0.111. The number of halogens is 2. The highest BCUT2D eigenvalue weighted by Gasteiger charge is 2.12. The molecule has 0 radical (unpaired) electrons. The molecule has 0 unspecified atom stereocenters. The number of aryl methyl sites for hydroxylation is 2. The summed E-state index contributed by atoms with van der Waals surface area (Å²) < 4.78 is 1.58. The van der Waals surface area contributed by atoms with Crippen molar-refractivity contribution in [3.8, 4) is 5.75 Å². The molecule has 0 saturated heterocycles. The minimum atomic E-state index is -0.397. The molecule has 2 aromatic rings. The van der Waals surface area contributed by atoms with Gasteiger partial charge >= 0.3 is 0 Å². The van der Waals surface area contributed by atoms with Crippen molar-refractivity contribution in [3.05, 3.63) is 45.2 Å². The second kappa shape index (κ2) is 6.81. The van der Waals surface area contributed by atoms with Crippen molar-refractivity contribution in [2.45, 2.75) is 20.4 Å². The Labute approximate surface area is 137 Å². The normalized spacial score (nSPS) is 11.1. The summed E-state index contributed by atoms with van der Waals surface area (Å²) in [7, 11) is 0. The van der Waals surface area contributed by atoms with Gasteiger partial charge in [-0.2, -0.15) is 10.2 Å². The lowest BCUT2D eigenvalue weighted by Crippen LogP contribution is -2.21. The summed E-state index contributed by atoms with van der Waals surface area (Å²) in [5.74, 6) is -0.551. The second-order valence-corrected chi connectivity index (χ2v) is 5.35. The molecule has 6 nitrogen and oxygen atoms in total. The molecule has 1 amide bonds. The summed E-state index contributed by atoms with van der Waals surface area (Å²) >= 11 is 11.6. The van der Waals surface area contributed by atoms with E-state index in [0.29, 0.717) is 22.8 Å². The van der Waals surface area contributed by atoms with E-state index in [9.17, 15) is 9.90 Å². The van der Waals surface area contributed by atoms with E-state index in [-0.39, 0.29) is 10.8 Å². The first-order valence-corrected chi connectivity index (χ1v) is 7.23. The van der Waals surface area contributed by atoms with E-state index in [1.807, 2.05) is 6.92 Å². The molecule has 22 heavy (non-hydrogen) atoms. The first kappa shape index (κ1) is 16.3. The first-order valence-electron chi connectivity index (χ1n) is 6.48. The van der Waals surface area contributed by atoms with Gasteiger partial charge in [0.15, 0.2) is 0 Å². The molecule has 2 rings (SSSR count). The topological polar surface area (TPSA) is 79.5 Å². The van der Waals surface area contributed by atoms with Crippen LogP contribution in [0.3, 0.4) is 0 Å². The zero-order chi connectivity index (χ0) is 16.3. The number of hydrogen-bond donors (Lipinski definition) is 2. The standard InChI is InChI=1S/C14H14Cl2N4O2/c1-3-20-12(4-8(2)19-20)14(22)18-17-7-9-5-10(15)6-11(16)13(9)21/h4-7,21H,3H2,1-2H3,(H,18,22). The molecule has 1 heterocycles. The Morgan fingerprint density at radius 1 is 1.45 bits per heavy atom. The summed E-state index contributed by atoms with van der Waals surface area (Å²) in [6.07, 6.45) is 1.27. The maximum Gasteiger partial charge on any atom is 0.289 e. The summed E-state index contributed by atoms with van der Waals surface area (Å²) in [5.41, 5.74) is 3.83. The van der Waals surface area contributed by atoms with Crippen LogP contribution in [0.4, 0.5) is 0 Å². The Morgan fingerprint density at radius 3 is 2.86 bits per heavy atom.